The van der Waals surface area contributed by atoms with E-state index < -0.39 is 0 Å². The lowest BCUT2D eigenvalue weighted by atomic mass is 10.0. The summed E-state index contributed by atoms with van der Waals surface area (Å²) in [5.74, 6) is 0.121. The van der Waals surface area contributed by atoms with Crippen LogP contribution in [0, 0.1) is 6.92 Å². The van der Waals surface area contributed by atoms with Crippen molar-refractivity contribution in [2.24, 2.45) is 0 Å². The zero-order valence-corrected chi connectivity index (χ0v) is 11.5. The molecule has 2 aliphatic heterocycles. The van der Waals surface area contributed by atoms with Crippen LogP contribution in [-0.2, 0) is 0 Å². The summed E-state index contributed by atoms with van der Waals surface area (Å²) in [5, 5.41) is 6.38. The molecule has 0 bridgehead atoms. The van der Waals surface area contributed by atoms with Gasteiger partial charge in [-0.25, -0.2) is 4.98 Å². The number of thiazole rings is 1. The molecule has 98 valence electrons. The second kappa shape index (κ2) is 4.97. The molecule has 2 unspecified atom stereocenters. The molecule has 0 aliphatic carbocycles. The van der Waals surface area contributed by atoms with Crippen LogP contribution in [0.5, 0.6) is 0 Å². The smallest absolute Gasteiger partial charge is 0.273 e. The minimum absolute atomic E-state index is 0.121. The van der Waals surface area contributed by atoms with E-state index >= 15 is 0 Å². The van der Waals surface area contributed by atoms with Crippen LogP contribution in [0.2, 0.25) is 0 Å². The SMILES string of the molecule is Cc1nc(C(=O)N2CCCC2C2CCCN2)cs1. The molecule has 2 fully saturated rings. The molecular formula is C13H19N3OS. The summed E-state index contributed by atoms with van der Waals surface area (Å²) in [4.78, 5) is 18.8. The Hall–Kier alpha value is -0.940. The molecule has 0 radical (unpaired) electrons. The summed E-state index contributed by atoms with van der Waals surface area (Å²) >= 11 is 1.55. The van der Waals surface area contributed by atoms with Crippen molar-refractivity contribution in [3.8, 4) is 0 Å². The largest absolute Gasteiger partial charge is 0.333 e. The summed E-state index contributed by atoms with van der Waals surface area (Å²) in [5.41, 5.74) is 0.627. The molecule has 2 aliphatic rings. The fourth-order valence-electron chi connectivity index (χ4n) is 3.11. The van der Waals surface area contributed by atoms with Crippen molar-refractivity contribution < 1.29 is 4.79 Å². The van der Waals surface area contributed by atoms with Crippen molar-refractivity contribution in [2.75, 3.05) is 13.1 Å². The first-order valence-corrected chi connectivity index (χ1v) is 7.60. The number of carbonyl (C=O) groups is 1. The molecule has 5 heteroatoms. The van der Waals surface area contributed by atoms with Gasteiger partial charge in [-0.05, 0) is 39.2 Å². The number of hydrogen-bond acceptors (Lipinski definition) is 4. The van der Waals surface area contributed by atoms with E-state index in [0.29, 0.717) is 17.8 Å². The fourth-order valence-corrected chi connectivity index (χ4v) is 3.70. The van der Waals surface area contributed by atoms with Gasteiger partial charge in [-0.1, -0.05) is 0 Å². The minimum Gasteiger partial charge on any atom is -0.333 e. The summed E-state index contributed by atoms with van der Waals surface area (Å²) in [6.07, 6.45) is 4.69. The van der Waals surface area contributed by atoms with Gasteiger partial charge in [0, 0.05) is 24.0 Å². The normalized spacial score (nSPS) is 27.9. The quantitative estimate of drug-likeness (QED) is 0.887. The lowest BCUT2D eigenvalue weighted by molar-refractivity contribution is 0.0706. The van der Waals surface area contributed by atoms with Crippen LogP contribution in [0.1, 0.15) is 41.2 Å². The monoisotopic (exact) mass is 265 g/mol. The molecule has 0 saturated carbocycles. The Bertz CT molecular complexity index is 439. The zero-order chi connectivity index (χ0) is 12.5. The first-order chi connectivity index (χ1) is 8.75. The highest BCUT2D eigenvalue weighted by Gasteiger charge is 2.36. The third-order valence-electron chi connectivity index (χ3n) is 3.96. The average Bonchev–Trinajstić information content (AvgIpc) is 3.08. The van der Waals surface area contributed by atoms with Crippen molar-refractivity contribution >= 4 is 17.2 Å². The molecule has 3 rings (SSSR count). The molecule has 1 aromatic rings. The third kappa shape index (κ3) is 2.17. The average molecular weight is 265 g/mol. The molecular weight excluding hydrogens is 246 g/mol. The number of rotatable bonds is 2. The Kier molecular flexibility index (Phi) is 3.35. The second-order valence-corrected chi connectivity index (χ2v) is 6.22. The van der Waals surface area contributed by atoms with Gasteiger partial charge in [0.15, 0.2) is 0 Å². The Morgan fingerprint density at radius 3 is 3.06 bits per heavy atom. The Labute approximate surface area is 111 Å². The van der Waals surface area contributed by atoms with Crippen molar-refractivity contribution in [2.45, 2.75) is 44.7 Å². The van der Waals surface area contributed by atoms with Gasteiger partial charge in [0.1, 0.15) is 5.69 Å². The van der Waals surface area contributed by atoms with Crippen molar-refractivity contribution in [3.05, 3.63) is 16.1 Å². The number of nitrogens with zero attached hydrogens (tertiary/aromatic N) is 2. The maximum absolute atomic E-state index is 12.5. The number of carbonyl (C=O) groups excluding carboxylic acids is 1. The van der Waals surface area contributed by atoms with E-state index in [4.69, 9.17) is 0 Å². The predicted octanol–water partition coefficient (Wildman–Crippen LogP) is 1.81. The van der Waals surface area contributed by atoms with Crippen molar-refractivity contribution in [1.82, 2.24) is 15.2 Å². The van der Waals surface area contributed by atoms with Gasteiger partial charge in [-0.15, -0.1) is 11.3 Å². The first-order valence-electron chi connectivity index (χ1n) is 6.72. The Morgan fingerprint density at radius 2 is 2.39 bits per heavy atom. The highest BCUT2D eigenvalue weighted by Crippen LogP contribution is 2.26. The van der Waals surface area contributed by atoms with Crippen LogP contribution in [0.25, 0.3) is 0 Å². The predicted molar refractivity (Wildman–Crippen MR) is 71.9 cm³/mol. The van der Waals surface area contributed by atoms with E-state index in [9.17, 15) is 4.79 Å². The third-order valence-corrected chi connectivity index (χ3v) is 4.73. The molecule has 0 aromatic carbocycles. The van der Waals surface area contributed by atoms with Gasteiger partial charge in [0.25, 0.3) is 5.91 Å². The number of hydrogen-bond donors (Lipinski definition) is 1. The van der Waals surface area contributed by atoms with E-state index in [2.05, 4.69) is 10.3 Å². The Balaban J connectivity index is 1.75. The van der Waals surface area contributed by atoms with E-state index in [1.165, 1.54) is 12.8 Å². The minimum atomic E-state index is 0.121. The highest BCUT2D eigenvalue weighted by molar-refractivity contribution is 7.09. The lowest BCUT2D eigenvalue weighted by Crippen LogP contribution is -2.46. The number of likely N-dealkylation sites (tertiary alicyclic amines) is 1. The highest BCUT2D eigenvalue weighted by atomic mass is 32.1. The van der Waals surface area contributed by atoms with E-state index in [0.717, 1.165) is 30.9 Å². The van der Waals surface area contributed by atoms with E-state index in [1.807, 2.05) is 17.2 Å². The van der Waals surface area contributed by atoms with Gasteiger partial charge in [-0.3, -0.25) is 4.79 Å². The molecule has 2 saturated heterocycles. The summed E-state index contributed by atoms with van der Waals surface area (Å²) in [6.45, 7) is 3.93. The van der Waals surface area contributed by atoms with Crippen LogP contribution >= 0.6 is 11.3 Å². The number of nitrogens with one attached hydrogen (secondary N) is 1. The summed E-state index contributed by atoms with van der Waals surface area (Å²) < 4.78 is 0. The molecule has 18 heavy (non-hydrogen) atoms. The van der Waals surface area contributed by atoms with Gasteiger partial charge in [0.2, 0.25) is 0 Å². The molecule has 3 heterocycles. The van der Waals surface area contributed by atoms with Gasteiger partial charge in [-0.2, -0.15) is 0 Å². The van der Waals surface area contributed by atoms with E-state index in [-0.39, 0.29) is 5.91 Å². The molecule has 1 N–H and O–H groups in total. The summed E-state index contributed by atoms with van der Waals surface area (Å²) in [7, 11) is 0. The van der Waals surface area contributed by atoms with Crippen LogP contribution in [-0.4, -0.2) is 41.0 Å². The number of amides is 1. The number of aromatic nitrogens is 1. The fraction of sp³-hybridized carbons (Fsp3) is 0.692. The van der Waals surface area contributed by atoms with E-state index in [1.54, 1.807) is 11.3 Å². The second-order valence-electron chi connectivity index (χ2n) is 5.16. The maximum atomic E-state index is 12.5. The van der Waals surface area contributed by atoms with Crippen LogP contribution in [0.3, 0.4) is 0 Å². The van der Waals surface area contributed by atoms with Crippen molar-refractivity contribution in [3.63, 3.8) is 0 Å². The molecule has 1 amide bonds. The number of aryl methyl sites for hydroxylation is 1. The topological polar surface area (TPSA) is 45.2 Å². The maximum Gasteiger partial charge on any atom is 0.273 e. The molecule has 4 nitrogen and oxygen atoms in total. The Morgan fingerprint density at radius 1 is 1.50 bits per heavy atom. The summed E-state index contributed by atoms with van der Waals surface area (Å²) in [6, 6.07) is 0.873. The van der Waals surface area contributed by atoms with Crippen LogP contribution in [0.15, 0.2) is 5.38 Å². The molecule has 0 spiro atoms. The van der Waals surface area contributed by atoms with Crippen LogP contribution in [0.4, 0.5) is 0 Å². The van der Waals surface area contributed by atoms with Crippen molar-refractivity contribution in [1.29, 1.82) is 0 Å². The zero-order valence-electron chi connectivity index (χ0n) is 10.7. The van der Waals surface area contributed by atoms with Gasteiger partial charge in [0.05, 0.1) is 5.01 Å². The van der Waals surface area contributed by atoms with Gasteiger partial charge >= 0.3 is 0 Å². The standard InChI is InChI=1S/C13H19N3OS/c1-9-15-11(8-18-9)13(17)16-7-3-5-12(16)10-4-2-6-14-10/h8,10,12,14H,2-7H2,1H3. The first kappa shape index (κ1) is 12.1. The molecule has 1 aromatic heterocycles. The molecule has 2 atom stereocenters. The lowest BCUT2D eigenvalue weighted by Gasteiger charge is -2.29. The van der Waals surface area contributed by atoms with Gasteiger partial charge < -0.3 is 10.2 Å². The van der Waals surface area contributed by atoms with Crippen LogP contribution < -0.4 is 5.32 Å².